The van der Waals surface area contributed by atoms with Crippen LogP contribution in [-0.2, 0) is 4.79 Å². The highest BCUT2D eigenvalue weighted by Crippen LogP contribution is 2.20. The molecule has 1 amide bonds. The molecule has 3 heterocycles. The number of allylic oxidation sites excluding steroid dienone is 2. The topological polar surface area (TPSA) is 101 Å². The molecule has 9 nitrogen and oxygen atoms in total. The SMILES string of the molecule is CC(=O)Nc1ccc(/C=C/C2=NC(Nc3cc(C)[nH]n3)=N/C(N3CCN(C)CC3)=C/CC2C)cc1. The Balaban J connectivity index is 1.59. The van der Waals surface area contributed by atoms with E-state index in [0.29, 0.717) is 11.8 Å². The van der Waals surface area contributed by atoms with Gasteiger partial charge in [-0.3, -0.25) is 9.89 Å². The van der Waals surface area contributed by atoms with Crippen molar-refractivity contribution in [3.05, 3.63) is 59.6 Å². The molecule has 1 fully saturated rings. The Hall–Kier alpha value is -3.72. The van der Waals surface area contributed by atoms with Gasteiger partial charge in [-0.05, 0) is 50.2 Å². The number of anilines is 2. The number of aromatic nitrogens is 2. The van der Waals surface area contributed by atoms with Crippen LogP contribution in [0.2, 0.25) is 0 Å². The van der Waals surface area contributed by atoms with Crippen molar-refractivity contribution in [3.63, 3.8) is 0 Å². The smallest absolute Gasteiger partial charge is 0.230 e. The average Bonchev–Trinajstić information content (AvgIpc) is 3.23. The molecule has 35 heavy (non-hydrogen) atoms. The first kappa shape index (κ1) is 24.4. The normalized spacial score (nSPS) is 21.0. The number of hydrogen-bond acceptors (Lipinski definition) is 7. The van der Waals surface area contributed by atoms with Crippen LogP contribution in [0.25, 0.3) is 6.08 Å². The van der Waals surface area contributed by atoms with E-state index in [-0.39, 0.29) is 11.8 Å². The predicted octanol–water partition coefficient (Wildman–Crippen LogP) is 3.73. The molecular weight excluding hydrogens is 440 g/mol. The second-order valence-corrected chi connectivity index (χ2v) is 9.16. The van der Waals surface area contributed by atoms with E-state index in [1.54, 1.807) is 0 Å². The summed E-state index contributed by atoms with van der Waals surface area (Å²) in [7, 11) is 2.15. The number of benzene rings is 1. The molecule has 1 aromatic heterocycles. The molecule has 0 aliphatic carbocycles. The van der Waals surface area contributed by atoms with Gasteiger partial charge in [0.1, 0.15) is 5.82 Å². The Morgan fingerprint density at radius 3 is 2.51 bits per heavy atom. The summed E-state index contributed by atoms with van der Waals surface area (Å²) in [5.74, 6) is 2.30. The first-order chi connectivity index (χ1) is 16.9. The second-order valence-electron chi connectivity index (χ2n) is 9.16. The molecule has 1 unspecified atom stereocenters. The lowest BCUT2D eigenvalue weighted by molar-refractivity contribution is -0.114. The highest BCUT2D eigenvalue weighted by atomic mass is 16.1. The van der Waals surface area contributed by atoms with E-state index in [2.05, 4.69) is 50.7 Å². The predicted molar refractivity (Wildman–Crippen MR) is 143 cm³/mol. The number of likely N-dealkylation sites (N-methyl/N-ethyl adjacent to an activating group) is 1. The van der Waals surface area contributed by atoms with Crippen molar-refractivity contribution in [3.8, 4) is 0 Å². The van der Waals surface area contributed by atoms with E-state index in [1.165, 1.54) is 6.92 Å². The minimum absolute atomic E-state index is 0.0820. The molecule has 9 heteroatoms. The Kier molecular flexibility index (Phi) is 7.77. The fraction of sp³-hybridized carbons (Fsp3) is 0.385. The molecule has 1 atom stereocenters. The molecule has 0 radical (unpaired) electrons. The minimum atomic E-state index is -0.0820. The molecule has 0 saturated carbocycles. The standard InChI is InChI=1S/C26H34N8O/c1-18-5-12-25(34-15-13-33(4)14-16-34)30-26(29-24-17-19(2)31-32-24)28-23(18)11-8-21-6-9-22(10-7-21)27-20(3)35/h6-12,17-18H,5,13-16H2,1-4H3,(H,27,35)(H2,29,30,31,32)/b11-8+,25-12-,28-23?. The molecule has 0 spiro atoms. The van der Waals surface area contributed by atoms with Gasteiger partial charge in [-0.1, -0.05) is 25.1 Å². The van der Waals surface area contributed by atoms with Gasteiger partial charge in [-0.25, -0.2) is 4.99 Å². The summed E-state index contributed by atoms with van der Waals surface area (Å²) in [5, 5.41) is 13.3. The van der Waals surface area contributed by atoms with Gasteiger partial charge in [0.2, 0.25) is 11.9 Å². The highest BCUT2D eigenvalue weighted by Gasteiger charge is 2.20. The van der Waals surface area contributed by atoms with Gasteiger partial charge in [-0.15, -0.1) is 0 Å². The third-order valence-electron chi connectivity index (χ3n) is 6.07. The molecule has 1 saturated heterocycles. The lowest BCUT2D eigenvalue weighted by Gasteiger charge is -2.34. The quantitative estimate of drug-likeness (QED) is 0.613. The summed E-state index contributed by atoms with van der Waals surface area (Å²) in [6.07, 6.45) is 7.15. The van der Waals surface area contributed by atoms with E-state index in [9.17, 15) is 4.79 Å². The number of carbonyl (C=O) groups excluding carboxylic acids is 1. The lowest BCUT2D eigenvalue weighted by atomic mass is 9.99. The molecule has 2 aromatic rings. The summed E-state index contributed by atoms with van der Waals surface area (Å²) >= 11 is 0. The monoisotopic (exact) mass is 474 g/mol. The summed E-state index contributed by atoms with van der Waals surface area (Å²) in [5.41, 5.74) is 3.71. The number of rotatable bonds is 5. The first-order valence-electron chi connectivity index (χ1n) is 12.0. The zero-order valence-corrected chi connectivity index (χ0v) is 20.9. The third-order valence-corrected chi connectivity index (χ3v) is 6.07. The molecular formula is C26H34N8O. The summed E-state index contributed by atoms with van der Waals surface area (Å²) in [6, 6.07) is 9.67. The summed E-state index contributed by atoms with van der Waals surface area (Å²) in [4.78, 5) is 25.8. The Labute approximate surface area is 206 Å². The van der Waals surface area contributed by atoms with E-state index in [4.69, 9.17) is 9.98 Å². The number of aryl methyl sites for hydroxylation is 1. The largest absolute Gasteiger partial charge is 0.354 e. The van der Waals surface area contributed by atoms with Crippen LogP contribution in [0.1, 0.15) is 31.5 Å². The van der Waals surface area contributed by atoms with Crippen molar-refractivity contribution in [1.29, 1.82) is 0 Å². The van der Waals surface area contributed by atoms with Crippen LogP contribution >= 0.6 is 0 Å². The number of nitrogens with zero attached hydrogens (tertiary/aromatic N) is 5. The van der Waals surface area contributed by atoms with Crippen molar-refractivity contribution >= 4 is 35.2 Å². The van der Waals surface area contributed by atoms with Gasteiger partial charge >= 0.3 is 0 Å². The molecule has 184 valence electrons. The number of piperazine rings is 1. The van der Waals surface area contributed by atoms with Crippen molar-refractivity contribution in [2.75, 3.05) is 43.9 Å². The van der Waals surface area contributed by atoms with Crippen LogP contribution in [0.4, 0.5) is 11.5 Å². The number of hydrogen-bond donors (Lipinski definition) is 3. The molecule has 2 aliphatic heterocycles. The number of aromatic amines is 1. The van der Waals surface area contributed by atoms with Gasteiger partial charge < -0.3 is 20.4 Å². The van der Waals surface area contributed by atoms with Crippen LogP contribution in [0.5, 0.6) is 0 Å². The molecule has 3 N–H and O–H groups in total. The van der Waals surface area contributed by atoms with Crippen LogP contribution in [0, 0.1) is 12.8 Å². The molecule has 1 aromatic carbocycles. The number of aliphatic imine (C=N–C) groups is 2. The minimum Gasteiger partial charge on any atom is -0.354 e. The second kappa shape index (κ2) is 11.1. The van der Waals surface area contributed by atoms with Crippen molar-refractivity contribution in [1.82, 2.24) is 20.0 Å². The van der Waals surface area contributed by atoms with Crippen LogP contribution in [0.3, 0.4) is 0 Å². The Morgan fingerprint density at radius 1 is 1.11 bits per heavy atom. The van der Waals surface area contributed by atoms with Crippen LogP contribution in [0.15, 0.2) is 58.3 Å². The van der Waals surface area contributed by atoms with Crippen molar-refractivity contribution in [2.45, 2.75) is 27.2 Å². The zero-order valence-electron chi connectivity index (χ0n) is 20.9. The van der Waals surface area contributed by atoms with Gasteiger partial charge in [0, 0.05) is 62.2 Å². The van der Waals surface area contributed by atoms with Gasteiger partial charge in [0.25, 0.3) is 0 Å². The van der Waals surface area contributed by atoms with Crippen LogP contribution < -0.4 is 10.6 Å². The maximum atomic E-state index is 11.3. The van der Waals surface area contributed by atoms with E-state index in [1.807, 2.05) is 49.4 Å². The average molecular weight is 475 g/mol. The fourth-order valence-electron chi connectivity index (χ4n) is 3.97. The van der Waals surface area contributed by atoms with Crippen molar-refractivity contribution in [2.24, 2.45) is 15.9 Å². The zero-order chi connectivity index (χ0) is 24.8. The first-order valence-corrected chi connectivity index (χ1v) is 12.0. The molecule has 4 rings (SSSR count). The fourth-order valence-corrected chi connectivity index (χ4v) is 3.97. The summed E-state index contributed by atoms with van der Waals surface area (Å²) in [6.45, 7) is 9.57. The Bertz CT molecular complexity index is 1150. The maximum absolute atomic E-state index is 11.3. The third kappa shape index (κ3) is 6.89. The van der Waals surface area contributed by atoms with Gasteiger partial charge in [-0.2, -0.15) is 10.1 Å². The molecule has 2 aliphatic rings. The Morgan fingerprint density at radius 2 is 1.86 bits per heavy atom. The molecule has 0 bridgehead atoms. The van der Waals surface area contributed by atoms with Crippen LogP contribution in [-0.4, -0.2) is 70.8 Å². The number of nitrogens with one attached hydrogen (secondary N) is 3. The highest BCUT2D eigenvalue weighted by molar-refractivity contribution is 6.09. The summed E-state index contributed by atoms with van der Waals surface area (Å²) < 4.78 is 0. The van der Waals surface area contributed by atoms with E-state index in [0.717, 1.165) is 61.1 Å². The number of H-pyrrole nitrogens is 1. The maximum Gasteiger partial charge on any atom is 0.230 e. The van der Waals surface area contributed by atoms with E-state index < -0.39 is 0 Å². The lowest BCUT2D eigenvalue weighted by Crippen LogP contribution is -2.43. The van der Waals surface area contributed by atoms with Gasteiger partial charge in [0.05, 0.1) is 0 Å². The number of carbonyl (C=O) groups is 1. The number of guanidine groups is 1. The van der Waals surface area contributed by atoms with Crippen molar-refractivity contribution < 1.29 is 4.79 Å². The number of amides is 1. The van der Waals surface area contributed by atoms with Gasteiger partial charge in [0.15, 0.2) is 5.82 Å². The van der Waals surface area contributed by atoms with E-state index >= 15 is 0 Å².